The van der Waals surface area contributed by atoms with E-state index in [-0.39, 0.29) is 17.7 Å². The fourth-order valence-corrected chi connectivity index (χ4v) is 2.82. The van der Waals surface area contributed by atoms with Crippen LogP contribution in [0.1, 0.15) is 19.8 Å². The van der Waals surface area contributed by atoms with Crippen LogP contribution in [0, 0.1) is 5.92 Å². The molecule has 0 unspecified atom stereocenters. The van der Waals surface area contributed by atoms with E-state index in [1.807, 2.05) is 12.1 Å². The summed E-state index contributed by atoms with van der Waals surface area (Å²) in [5, 5.41) is 2.93. The summed E-state index contributed by atoms with van der Waals surface area (Å²) in [5.41, 5.74) is 0.711. The lowest BCUT2D eigenvalue weighted by Crippen LogP contribution is -2.40. The first-order chi connectivity index (χ1) is 10.6. The molecule has 0 saturated carbocycles. The standard InChI is InChI=1S/C16H20N2O4/c1-11(19)18-6-4-12(5-7-18)16(20)17-13-2-3-14-15(10-13)22-9-8-21-14/h2-3,10,12H,4-9H2,1H3,(H,17,20). The molecule has 0 radical (unpaired) electrons. The van der Waals surface area contributed by atoms with Crippen molar-refractivity contribution in [2.75, 3.05) is 31.6 Å². The largest absolute Gasteiger partial charge is 0.486 e. The van der Waals surface area contributed by atoms with Crippen molar-refractivity contribution in [1.29, 1.82) is 0 Å². The van der Waals surface area contributed by atoms with Crippen molar-refractivity contribution < 1.29 is 19.1 Å². The zero-order chi connectivity index (χ0) is 15.5. The summed E-state index contributed by atoms with van der Waals surface area (Å²) < 4.78 is 11.0. The van der Waals surface area contributed by atoms with Crippen LogP contribution in [0.15, 0.2) is 18.2 Å². The van der Waals surface area contributed by atoms with Gasteiger partial charge in [0.25, 0.3) is 0 Å². The SMILES string of the molecule is CC(=O)N1CCC(C(=O)Nc2ccc3c(c2)OCCO3)CC1. The lowest BCUT2D eigenvalue weighted by atomic mass is 9.96. The van der Waals surface area contributed by atoms with E-state index in [0.717, 1.165) is 0 Å². The van der Waals surface area contributed by atoms with Crippen molar-refractivity contribution in [3.63, 3.8) is 0 Å². The lowest BCUT2D eigenvalue weighted by Gasteiger charge is -2.30. The summed E-state index contributed by atoms with van der Waals surface area (Å²) >= 11 is 0. The summed E-state index contributed by atoms with van der Waals surface area (Å²) in [6, 6.07) is 5.41. The lowest BCUT2D eigenvalue weighted by molar-refractivity contribution is -0.132. The number of fused-ring (bicyclic) bond motifs is 1. The molecule has 118 valence electrons. The van der Waals surface area contributed by atoms with E-state index >= 15 is 0 Å². The van der Waals surface area contributed by atoms with Crippen molar-refractivity contribution in [1.82, 2.24) is 4.90 Å². The molecule has 0 atom stereocenters. The van der Waals surface area contributed by atoms with E-state index in [0.29, 0.717) is 56.3 Å². The molecule has 0 aromatic heterocycles. The van der Waals surface area contributed by atoms with Crippen LogP contribution in [-0.4, -0.2) is 43.0 Å². The van der Waals surface area contributed by atoms with Crippen LogP contribution in [0.5, 0.6) is 11.5 Å². The van der Waals surface area contributed by atoms with Gasteiger partial charge in [-0.05, 0) is 25.0 Å². The number of hydrogen-bond acceptors (Lipinski definition) is 4. The maximum absolute atomic E-state index is 12.3. The first kappa shape index (κ1) is 14.7. The predicted octanol–water partition coefficient (Wildman–Crippen LogP) is 1.65. The molecule has 6 nitrogen and oxygen atoms in total. The van der Waals surface area contributed by atoms with Gasteiger partial charge in [-0.3, -0.25) is 9.59 Å². The summed E-state index contributed by atoms with van der Waals surface area (Å²) in [5.74, 6) is 1.39. The van der Waals surface area contributed by atoms with Crippen LogP contribution < -0.4 is 14.8 Å². The molecule has 0 spiro atoms. The summed E-state index contributed by atoms with van der Waals surface area (Å²) in [6.45, 7) is 3.93. The van der Waals surface area contributed by atoms with E-state index in [2.05, 4.69) is 5.32 Å². The van der Waals surface area contributed by atoms with E-state index in [1.165, 1.54) is 0 Å². The number of ether oxygens (including phenoxy) is 2. The van der Waals surface area contributed by atoms with Gasteiger partial charge in [0.15, 0.2) is 11.5 Å². The monoisotopic (exact) mass is 304 g/mol. The Bertz CT molecular complexity index is 580. The molecule has 2 amide bonds. The van der Waals surface area contributed by atoms with Gasteiger partial charge in [-0.2, -0.15) is 0 Å². The third-order valence-corrected chi connectivity index (χ3v) is 4.12. The number of carbonyl (C=O) groups is 2. The van der Waals surface area contributed by atoms with Gasteiger partial charge >= 0.3 is 0 Å². The van der Waals surface area contributed by atoms with Gasteiger partial charge < -0.3 is 19.7 Å². The van der Waals surface area contributed by atoms with E-state index in [1.54, 1.807) is 17.9 Å². The van der Waals surface area contributed by atoms with Gasteiger partial charge in [-0.15, -0.1) is 0 Å². The highest BCUT2D eigenvalue weighted by atomic mass is 16.6. The first-order valence-corrected chi connectivity index (χ1v) is 7.59. The quantitative estimate of drug-likeness (QED) is 0.902. The summed E-state index contributed by atoms with van der Waals surface area (Å²) in [6.07, 6.45) is 1.41. The maximum Gasteiger partial charge on any atom is 0.227 e. The second-order valence-electron chi connectivity index (χ2n) is 5.63. The average Bonchev–Trinajstić information content (AvgIpc) is 2.55. The molecule has 2 aliphatic heterocycles. The Morgan fingerprint density at radius 3 is 2.50 bits per heavy atom. The predicted molar refractivity (Wildman–Crippen MR) is 81.0 cm³/mol. The number of carbonyl (C=O) groups excluding carboxylic acids is 2. The molecule has 2 aliphatic rings. The molecule has 6 heteroatoms. The number of amides is 2. The highest BCUT2D eigenvalue weighted by molar-refractivity contribution is 5.93. The van der Waals surface area contributed by atoms with Crippen molar-refractivity contribution in [3.05, 3.63) is 18.2 Å². The molecule has 1 N–H and O–H groups in total. The van der Waals surface area contributed by atoms with Gasteiger partial charge in [0, 0.05) is 37.7 Å². The molecular weight excluding hydrogens is 284 g/mol. The second kappa shape index (κ2) is 6.25. The van der Waals surface area contributed by atoms with E-state index in [4.69, 9.17) is 9.47 Å². The van der Waals surface area contributed by atoms with Gasteiger partial charge in [-0.1, -0.05) is 0 Å². The van der Waals surface area contributed by atoms with Gasteiger partial charge in [-0.25, -0.2) is 0 Å². The molecule has 0 bridgehead atoms. The molecule has 2 heterocycles. The van der Waals surface area contributed by atoms with Crippen LogP contribution >= 0.6 is 0 Å². The Balaban J connectivity index is 1.59. The topological polar surface area (TPSA) is 67.9 Å². The molecule has 3 rings (SSSR count). The number of piperidine rings is 1. The van der Waals surface area contributed by atoms with Crippen molar-refractivity contribution in [2.45, 2.75) is 19.8 Å². The van der Waals surface area contributed by atoms with Crippen LogP contribution in [0.25, 0.3) is 0 Å². The number of likely N-dealkylation sites (tertiary alicyclic amines) is 1. The number of nitrogens with one attached hydrogen (secondary N) is 1. The second-order valence-corrected chi connectivity index (χ2v) is 5.63. The molecule has 1 saturated heterocycles. The number of hydrogen-bond donors (Lipinski definition) is 1. The zero-order valence-corrected chi connectivity index (χ0v) is 12.6. The minimum absolute atomic E-state index is 0.000111. The summed E-state index contributed by atoms with van der Waals surface area (Å²) in [7, 11) is 0. The van der Waals surface area contributed by atoms with Crippen molar-refractivity contribution in [3.8, 4) is 11.5 Å². The smallest absolute Gasteiger partial charge is 0.227 e. The Kier molecular flexibility index (Phi) is 4.18. The highest BCUT2D eigenvalue weighted by Gasteiger charge is 2.26. The van der Waals surface area contributed by atoms with Crippen LogP contribution in [0.4, 0.5) is 5.69 Å². The molecule has 1 aromatic rings. The molecule has 22 heavy (non-hydrogen) atoms. The number of rotatable bonds is 2. The Hall–Kier alpha value is -2.24. The summed E-state index contributed by atoms with van der Waals surface area (Å²) in [4.78, 5) is 25.4. The van der Waals surface area contributed by atoms with Crippen molar-refractivity contribution in [2.24, 2.45) is 5.92 Å². The Morgan fingerprint density at radius 1 is 1.14 bits per heavy atom. The Labute approximate surface area is 129 Å². The number of anilines is 1. The van der Waals surface area contributed by atoms with Crippen LogP contribution in [0.3, 0.4) is 0 Å². The third-order valence-electron chi connectivity index (χ3n) is 4.12. The normalized spacial score (nSPS) is 18.0. The minimum Gasteiger partial charge on any atom is -0.486 e. The molecule has 0 aliphatic carbocycles. The molecule has 1 aromatic carbocycles. The zero-order valence-electron chi connectivity index (χ0n) is 12.6. The number of benzene rings is 1. The van der Waals surface area contributed by atoms with Crippen LogP contribution in [0.2, 0.25) is 0 Å². The number of nitrogens with zero attached hydrogens (tertiary/aromatic N) is 1. The van der Waals surface area contributed by atoms with Gasteiger partial charge in [0.1, 0.15) is 13.2 Å². The third kappa shape index (κ3) is 3.16. The average molecular weight is 304 g/mol. The highest BCUT2D eigenvalue weighted by Crippen LogP contribution is 2.33. The minimum atomic E-state index is -0.0520. The maximum atomic E-state index is 12.3. The first-order valence-electron chi connectivity index (χ1n) is 7.59. The molecular formula is C16H20N2O4. The Morgan fingerprint density at radius 2 is 1.82 bits per heavy atom. The fraction of sp³-hybridized carbons (Fsp3) is 0.500. The van der Waals surface area contributed by atoms with Crippen LogP contribution in [-0.2, 0) is 9.59 Å². The van der Waals surface area contributed by atoms with Gasteiger partial charge in [0.2, 0.25) is 11.8 Å². The molecule has 1 fully saturated rings. The van der Waals surface area contributed by atoms with E-state index < -0.39 is 0 Å². The van der Waals surface area contributed by atoms with Gasteiger partial charge in [0.05, 0.1) is 0 Å². The van der Waals surface area contributed by atoms with E-state index in [9.17, 15) is 9.59 Å². The fourth-order valence-electron chi connectivity index (χ4n) is 2.82. The van der Waals surface area contributed by atoms with Crippen molar-refractivity contribution >= 4 is 17.5 Å².